The van der Waals surface area contributed by atoms with Gasteiger partial charge in [0.05, 0.1) is 18.7 Å². The molecular weight excluding hydrogens is 484 g/mol. The third-order valence-corrected chi connectivity index (χ3v) is 6.85. The van der Waals surface area contributed by atoms with Gasteiger partial charge < -0.3 is 24.3 Å². The number of ether oxygens (including phenoxy) is 1. The number of phenolic OH excluding ortho intramolecular Hbond substituents is 1. The van der Waals surface area contributed by atoms with Crippen molar-refractivity contribution in [3.05, 3.63) is 95.5 Å². The summed E-state index contributed by atoms with van der Waals surface area (Å²) in [7, 11) is 1.50. The van der Waals surface area contributed by atoms with Crippen molar-refractivity contribution >= 4 is 34.0 Å². The smallest absolute Gasteiger partial charge is 0.294 e. The molecule has 3 aromatic carbocycles. The standard InChI is InChI=1S/C30H28N2O6/c1-4-31(5-2)20-12-14-21(15-13-20)32-26(18-8-6-10-22(33)16-18)25(28(35)30(32)36)27(34)24-17-19-9-7-11-23(37-3)29(19)38-24/h6-17,26,33,35H,4-5H2,1-3H3. The molecule has 0 saturated heterocycles. The molecule has 0 bridgehead atoms. The zero-order chi connectivity index (χ0) is 27.0. The minimum absolute atomic E-state index is 0.0292. The average Bonchev–Trinajstić information content (AvgIpc) is 3.48. The predicted molar refractivity (Wildman–Crippen MR) is 145 cm³/mol. The van der Waals surface area contributed by atoms with Gasteiger partial charge in [0, 0.05) is 29.9 Å². The maximum absolute atomic E-state index is 13.8. The fourth-order valence-electron chi connectivity index (χ4n) is 4.97. The van der Waals surface area contributed by atoms with E-state index in [0.29, 0.717) is 28.0 Å². The van der Waals surface area contributed by atoms with E-state index < -0.39 is 23.5 Å². The van der Waals surface area contributed by atoms with E-state index in [0.717, 1.165) is 18.8 Å². The van der Waals surface area contributed by atoms with Crippen LogP contribution in [-0.4, -0.2) is 42.1 Å². The second-order valence-corrected chi connectivity index (χ2v) is 8.94. The van der Waals surface area contributed by atoms with Gasteiger partial charge in [-0.1, -0.05) is 24.3 Å². The minimum atomic E-state index is -0.989. The summed E-state index contributed by atoms with van der Waals surface area (Å²) in [5.74, 6) is -1.62. The lowest BCUT2D eigenvalue weighted by Gasteiger charge is -2.28. The first-order valence-electron chi connectivity index (χ1n) is 12.4. The van der Waals surface area contributed by atoms with E-state index in [9.17, 15) is 19.8 Å². The molecule has 194 valence electrons. The van der Waals surface area contributed by atoms with Crippen LogP contribution in [0.1, 0.15) is 36.0 Å². The molecule has 38 heavy (non-hydrogen) atoms. The molecule has 0 fully saturated rings. The van der Waals surface area contributed by atoms with Crippen molar-refractivity contribution < 1.29 is 29.0 Å². The molecule has 1 aliphatic heterocycles. The molecule has 0 saturated carbocycles. The molecule has 0 spiro atoms. The van der Waals surface area contributed by atoms with E-state index >= 15 is 0 Å². The molecule has 1 amide bonds. The van der Waals surface area contributed by atoms with Gasteiger partial charge in [0.15, 0.2) is 22.9 Å². The number of hydrogen-bond donors (Lipinski definition) is 2. The van der Waals surface area contributed by atoms with Crippen LogP contribution in [0.2, 0.25) is 0 Å². The maximum Gasteiger partial charge on any atom is 0.294 e. The highest BCUT2D eigenvalue weighted by atomic mass is 16.5. The summed E-state index contributed by atoms with van der Waals surface area (Å²) in [6.07, 6.45) is 0. The Morgan fingerprint density at radius 3 is 2.37 bits per heavy atom. The molecular formula is C30H28N2O6. The largest absolute Gasteiger partial charge is 0.508 e. The summed E-state index contributed by atoms with van der Waals surface area (Å²) >= 11 is 0. The van der Waals surface area contributed by atoms with Crippen LogP contribution in [0.4, 0.5) is 11.4 Å². The lowest BCUT2D eigenvalue weighted by molar-refractivity contribution is -0.117. The summed E-state index contributed by atoms with van der Waals surface area (Å²) < 4.78 is 11.2. The van der Waals surface area contributed by atoms with Crippen LogP contribution in [0.3, 0.4) is 0 Å². The number of amides is 1. The first-order valence-corrected chi connectivity index (χ1v) is 12.4. The number of benzene rings is 3. The Morgan fingerprint density at radius 1 is 1.00 bits per heavy atom. The topological polar surface area (TPSA) is 103 Å². The van der Waals surface area contributed by atoms with E-state index in [1.807, 2.05) is 12.1 Å². The van der Waals surface area contributed by atoms with Crippen LogP contribution in [0.25, 0.3) is 11.0 Å². The van der Waals surface area contributed by atoms with E-state index in [4.69, 9.17) is 9.15 Å². The number of ketones is 1. The fraction of sp³-hybridized carbons (Fsp3) is 0.200. The number of hydrogen-bond acceptors (Lipinski definition) is 7. The number of furan rings is 1. The highest BCUT2D eigenvalue weighted by Gasteiger charge is 2.45. The van der Waals surface area contributed by atoms with Gasteiger partial charge in [-0.05, 0) is 67.9 Å². The van der Waals surface area contributed by atoms with Gasteiger partial charge in [-0.25, -0.2) is 0 Å². The Morgan fingerprint density at radius 2 is 1.71 bits per heavy atom. The van der Waals surface area contributed by atoms with E-state index in [-0.39, 0.29) is 17.1 Å². The van der Waals surface area contributed by atoms with Crippen LogP contribution < -0.4 is 14.5 Å². The molecule has 0 aliphatic carbocycles. The van der Waals surface area contributed by atoms with Crippen molar-refractivity contribution in [1.82, 2.24) is 0 Å². The number of aliphatic hydroxyl groups excluding tert-OH is 1. The van der Waals surface area contributed by atoms with Crippen molar-refractivity contribution in [2.75, 3.05) is 30.0 Å². The summed E-state index contributed by atoms with van der Waals surface area (Å²) in [5.41, 5.74) is 2.21. The van der Waals surface area contributed by atoms with Gasteiger partial charge in [-0.2, -0.15) is 0 Å². The lowest BCUT2D eigenvalue weighted by atomic mass is 9.94. The molecule has 0 radical (unpaired) electrons. The SMILES string of the molecule is CCN(CC)c1ccc(N2C(=O)C(O)=C(C(=O)c3cc4cccc(OC)c4o3)C2c2cccc(O)c2)cc1. The third-order valence-electron chi connectivity index (χ3n) is 6.85. The van der Waals surface area contributed by atoms with Crippen molar-refractivity contribution in [3.8, 4) is 11.5 Å². The van der Waals surface area contributed by atoms with E-state index in [2.05, 4.69) is 18.7 Å². The number of aliphatic hydroxyl groups is 1. The molecule has 8 heteroatoms. The van der Waals surface area contributed by atoms with Crippen LogP contribution in [-0.2, 0) is 4.79 Å². The Balaban J connectivity index is 1.62. The molecule has 2 N–H and O–H groups in total. The normalized spacial score (nSPS) is 15.4. The second-order valence-electron chi connectivity index (χ2n) is 8.94. The number of anilines is 2. The van der Waals surface area contributed by atoms with E-state index in [1.165, 1.54) is 24.1 Å². The number of aromatic hydroxyl groups is 1. The Bertz CT molecular complexity index is 1550. The molecule has 2 heterocycles. The van der Waals surface area contributed by atoms with Gasteiger partial charge in [0.25, 0.3) is 5.91 Å². The minimum Gasteiger partial charge on any atom is -0.508 e. The molecule has 1 aromatic heterocycles. The van der Waals surface area contributed by atoms with Crippen LogP contribution in [0, 0.1) is 0 Å². The highest BCUT2D eigenvalue weighted by Crippen LogP contribution is 2.43. The Kier molecular flexibility index (Phi) is 6.55. The molecule has 1 atom stereocenters. The second kappa shape index (κ2) is 9.97. The monoisotopic (exact) mass is 512 g/mol. The molecule has 1 unspecified atom stereocenters. The Labute approximate surface area is 220 Å². The first kappa shape index (κ1) is 25.0. The van der Waals surface area contributed by atoms with Crippen molar-refractivity contribution in [3.63, 3.8) is 0 Å². The van der Waals surface area contributed by atoms with Crippen LogP contribution >= 0.6 is 0 Å². The van der Waals surface area contributed by atoms with Crippen molar-refractivity contribution in [1.29, 1.82) is 0 Å². The quantitative estimate of drug-likeness (QED) is 0.289. The number of phenols is 1. The van der Waals surface area contributed by atoms with Crippen molar-refractivity contribution in [2.45, 2.75) is 19.9 Å². The number of carbonyl (C=O) groups is 2. The van der Waals surface area contributed by atoms with Gasteiger partial charge in [-0.3, -0.25) is 14.5 Å². The van der Waals surface area contributed by atoms with Gasteiger partial charge >= 0.3 is 0 Å². The van der Waals surface area contributed by atoms with Crippen LogP contribution in [0.5, 0.6) is 11.5 Å². The maximum atomic E-state index is 13.8. The van der Waals surface area contributed by atoms with E-state index in [1.54, 1.807) is 48.5 Å². The third kappa shape index (κ3) is 4.14. The van der Waals surface area contributed by atoms with Crippen LogP contribution in [0.15, 0.2) is 88.5 Å². The average molecular weight is 513 g/mol. The summed E-state index contributed by atoms with van der Waals surface area (Å²) in [6.45, 7) is 5.78. The lowest BCUT2D eigenvalue weighted by Crippen LogP contribution is -2.31. The number of carbonyl (C=O) groups excluding carboxylic acids is 2. The number of methoxy groups -OCH3 is 1. The summed E-state index contributed by atoms with van der Waals surface area (Å²) in [4.78, 5) is 30.8. The van der Waals surface area contributed by atoms with Gasteiger partial charge in [0.1, 0.15) is 5.75 Å². The Hall–Kier alpha value is -4.72. The zero-order valence-electron chi connectivity index (χ0n) is 21.3. The molecule has 1 aliphatic rings. The predicted octanol–water partition coefficient (Wildman–Crippen LogP) is 5.78. The highest BCUT2D eigenvalue weighted by molar-refractivity contribution is 6.20. The zero-order valence-corrected chi connectivity index (χ0v) is 21.3. The number of nitrogens with zero attached hydrogens (tertiary/aromatic N) is 2. The van der Waals surface area contributed by atoms with Gasteiger partial charge in [-0.15, -0.1) is 0 Å². The van der Waals surface area contributed by atoms with Crippen molar-refractivity contribution in [2.24, 2.45) is 0 Å². The summed E-state index contributed by atoms with van der Waals surface area (Å²) in [5, 5.41) is 21.9. The fourth-order valence-corrected chi connectivity index (χ4v) is 4.97. The molecule has 5 rings (SSSR count). The number of Topliss-reactive ketones (excluding diaryl/α,β-unsaturated/α-hetero) is 1. The summed E-state index contributed by atoms with van der Waals surface area (Å²) in [6, 6.07) is 19.5. The number of fused-ring (bicyclic) bond motifs is 1. The first-order chi connectivity index (χ1) is 18.4. The number of rotatable bonds is 8. The van der Waals surface area contributed by atoms with Gasteiger partial charge in [0.2, 0.25) is 5.78 Å². The molecule has 4 aromatic rings. The molecule has 8 nitrogen and oxygen atoms in total. The number of para-hydroxylation sites is 1.